The predicted octanol–water partition coefficient (Wildman–Crippen LogP) is 3.17. The molecule has 2 amide bonds. The first-order valence-electron chi connectivity index (χ1n) is 9.93. The fraction of sp³-hybridized carbons (Fsp3) is 0.261. The van der Waals surface area contributed by atoms with Crippen molar-refractivity contribution in [2.24, 2.45) is 0 Å². The number of alkyl carbamates (subject to hydrolysis) is 1. The van der Waals surface area contributed by atoms with E-state index in [1.54, 1.807) is 41.3 Å². The van der Waals surface area contributed by atoms with Gasteiger partial charge in [0.05, 0.1) is 12.1 Å². The molecule has 0 atom stereocenters. The molecule has 2 aromatic carbocycles. The molecule has 7 heteroatoms. The summed E-state index contributed by atoms with van der Waals surface area (Å²) in [5.41, 5.74) is 1.17. The number of carbonyl (C=O) groups is 2. The molecule has 5 rings (SSSR count). The topological polar surface area (TPSA) is 88.9 Å². The summed E-state index contributed by atoms with van der Waals surface area (Å²) in [5, 5.41) is 3.52. The third kappa shape index (κ3) is 3.22. The van der Waals surface area contributed by atoms with E-state index in [1.165, 1.54) is 0 Å². The smallest absolute Gasteiger partial charge is 0.407 e. The Balaban J connectivity index is 1.39. The number of nitrogens with zero attached hydrogens (tertiary/aromatic N) is 1. The molecular formula is C23H20N2O5. The number of carbonyl (C=O) groups excluding carboxylic acids is 2. The van der Waals surface area contributed by atoms with Crippen molar-refractivity contribution < 1.29 is 18.7 Å². The highest BCUT2D eigenvalue weighted by Gasteiger charge is 2.43. The fourth-order valence-electron chi connectivity index (χ4n) is 4.16. The summed E-state index contributed by atoms with van der Waals surface area (Å²) in [5.74, 6) is -0.103. The molecule has 3 heterocycles. The van der Waals surface area contributed by atoms with E-state index in [2.05, 4.69) is 5.32 Å². The molecule has 1 spiro atoms. The number of benzene rings is 2. The van der Waals surface area contributed by atoms with Crippen LogP contribution >= 0.6 is 0 Å². The molecule has 2 aliphatic heterocycles. The molecule has 152 valence electrons. The van der Waals surface area contributed by atoms with Gasteiger partial charge in [0.25, 0.3) is 5.91 Å². The van der Waals surface area contributed by atoms with Gasteiger partial charge < -0.3 is 19.4 Å². The van der Waals surface area contributed by atoms with Crippen molar-refractivity contribution >= 4 is 23.0 Å². The zero-order valence-electron chi connectivity index (χ0n) is 16.2. The Morgan fingerprint density at radius 3 is 2.57 bits per heavy atom. The number of para-hydroxylation sites is 1. The maximum absolute atomic E-state index is 13.0. The van der Waals surface area contributed by atoms with Gasteiger partial charge in [-0.05, 0) is 29.8 Å². The van der Waals surface area contributed by atoms with Crippen LogP contribution in [0.25, 0.3) is 22.1 Å². The number of hydrogen-bond acceptors (Lipinski definition) is 5. The molecule has 30 heavy (non-hydrogen) atoms. The summed E-state index contributed by atoms with van der Waals surface area (Å²) in [4.78, 5) is 38.7. The molecule has 0 bridgehead atoms. The van der Waals surface area contributed by atoms with Gasteiger partial charge >= 0.3 is 11.7 Å². The Morgan fingerprint density at radius 1 is 1.00 bits per heavy atom. The molecule has 0 aliphatic carbocycles. The van der Waals surface area contributed by atoms with Gasteiger partial charge in [-0.3, -0.25) is 4.79 Å². The minimum absolute atomic E-state index is 0.103. The Hall–Kier alpha value is -3.61. The van der Waals surface area contributed by atoms with Crippen LogP contribution in [-0.2, 0) is 4.74 Å². The second-order valence-corrected chi connectivity index (χ2v) is 7.78. The van der Waals surface area contributed by atoms with Crippen molar-refractivity contribution in [3.05, 3.63) is 70.6 Å². The maximum atomic E-state index is 13.0. The number of piperidine rings is 1. The Kier molecular flexibility index (Phi) is 4.31. The summed E-state index contributed by atoms with van der Waals surface area (Å²) in [6.07, 6.45) is 0.813. The number of likely N-dealkylation sites (tertiary alicyclic amines) is 1. The number of hydrogen-bond donors (Lipinski definition) is 1. The standard InChI is InChI=1S/C23H20N2O5/c26-20(25-10-8-23(9-11-25)14-24-22(28)30-23)17-6-3-5-15(12-17)18-13-16-4-1-2-7-19(16)29-21(18)27/h1-7,12-13H,8-11,14H2,(H,24,28). The lowest BCUT2D eigenvalue weighted by Crippen LogP contribution is -2.48. The SMILES string of the molecule is O=C1NCC2(CCN(C(=O)c3cccc(-c4cc5ccccc5oc4=O)c3)CC2)O1. The third-order valence-corrected chi connectivity index (χ3v) is 5.89. The first kappa shape index (κ1) is 18.4. The average Bonchev–Trinajstić information content (AvgIpc) is 3.13. The first-order chi connectivity index (χ1) is 14.5. The summed E-state index contributed by atoms with van der Waals surface area (Å²) in [7, 11) is 0. The van der Waals surface area contributed by atoms with Crippen LogP contribution in [-0.4, -0.2) is 42.1 Å². The second kappa shape index (κ2) is 7.02. The summed E-state index contributed by atoms with van der Waals surface area (Å²) in [6.45, 7) is 1.51. The van der Waals surface area contributed by atoms with Crippen LogP contribution in [0.3, 0.4) is 0 Å². The number of amides is 2. The van der Waals surface area contributed by atoms with Crippen molar-refractivity contribution in [2.75, 3.05) is 19.6 Å². The lowest BCUT2D eigenvalue weighted by Gasteiger charge is -2.37. The Labute approximate surface area is 172 Å². The van der Waals surface area contributed by atoms with Gasteiger partial charge in [-0.2, -0.15) is 0 Å². The van der Waals surface area contributed by atoms with Crippen LogP contribution in [0.1, 0.15) is 23.2 Å². The van der Waals surface area contributed by atoms with Gasteiger partial charge in [0.2, 0.25) is 0 Å². The van der Waals surface area contributed by atoms with Crippen LogP contribution in [0.4, 0.5) is 4.79 Å². The molecular weight excluding hydrogens is 384 g/mol. The average molecular weight is 404 g/mol. The van der Waals surface area contributed by atoms with Crippen LogP contribution in [0, 0.1) is 0 Å². The number of fused-ring (bicyclic) bond motifs is 1. The summed E-state index contributed by atoms with van der Waals surface area (Å²) < 4.78 is 10.8. The van der Waals surface area contributed by atoms with Gasteiger partial charge in [-0.25, -0.2) is 9.59 Å². The summed E-state index contributed by atoms with van der Waals surface area (Å²) >= 11 is 0. The van der Waals surface area contributed by atoms with Crippen LogP contribution in [0.5, 0.6) is 0 Å². The predicted molar refractivity (Wildman–Crippen MR) is 110 cm³/mol. The van der Waals surface area contributed by atoms with Gasteiger partial charge in [0, 0.05) is 36.9 Å². The molecule has 1 N–H and O–H groups in total. The molecule has 1 aromatic heterocycles. The van der Waals surface area contributed by atoms with Crippen molar-refractivity contribution in [3.63, 3.8) is 0 Å². The van der Waals surface area contributed by atoms with E-state index in [1.807, 2.05) is 18.2 Å². The van der Waals surface area contributed by atoms with Gasteiger partial charge in [-0.15, -0.1) is 0 Å². The summed E-state index contributed by atoms with van der Waals surface area (Å²) in [6, 6.07) is 16.2. The molecule has 3 aromatic rings. The van der Waals surface area contributed by atoms with E-state index in [4.69, 9.17) is 9.15 Å². The molecule has 0 saturated carbocycles. The highest BCUT2D eigenvalue weighted by Crippen LogP contribution is 2.30. The van der Waals surface area contributed by atoms with Crippen molar-refractivity contribution in [1.29, 1.82) is 0 Å². The van der Waals surface area contributed by atoms with E-state index >= 15 is 0 Å². The van der Waals surface area contributed by atoms with Crippen LogP contribution < -0.4 is 10.9 Å². The van der Waals surface area contributed by atoms with E-state index in [9.17, 15) is 14.4 Å². The molecule has 2 aliphatic rings. The van der Waals surface area contributed by atoms with Crippen molar-refractivity contribution in [2.45, 2.75) is 18.4 Å². The van der Waals surface area contributed by atoms with E-state index in [-0.39, 0.29) is 5.91 Å². The third-order valence-electron chi connectivity index (χ3n) is 5.89. The molecule has 2 fully saturated rings. The molecule has 0 radical (unpaired) electrons. The highest BCUT2D eigenvalue weighted by molar-refractivity contribution is 5.96. The van der Waals surface area contributed by atoms with E-state index in [0.29, 0.717) is 54.7 Å². The monoisotopic (exact) mass is 404 g/mol. The minimum atomic E-state index is -0.500. The van der Waals surface area contributed by atoms with E-state index < -0.39 is 17.3 Å². The van der Waals surface area contributed by atoms with Crippen LogP contribution in [0.15, 0.2) is 63.8 Å². The Morgan fingerprint density at radius 2 is 1.80 bits per heavy atom. The molecule has 7 nitrogen and oxygen atoms in total. The highest BCUT2D eigenvalue weighted by atomic mass is 16.6. The van der Waals surface area contributed by atoms with Gasteiger partial charge in [-0.1, -0.05) is 30.3 Å². The van der Waals surface area contributed by atoms with Gasteiger partial charge in [0.1, 0.15) is 11.2 Å². The zero-order chi connectivity index (χ0) is 20.7. The maximum Gasteiger partial charge on any atom is 0.407 e. The Bertz CT molecular complexity index is 1210. The van der Waals surface area contributed by atoms with Crippen molar-refractivity contribution in [3.8, 4) is 11.1 Å². The molecule has 2 saturated heterocycles. The minimum Gasteiger partial charge on any atom is -0.441 e. The van der Waals surface area contributed by atoms with Crippen LogP contribution in [0.2, 0.25) is 0 Å². The first-order valence-corrected chi connectivity index (χ1v) is 9.93. The number of rotatable bonds is 2. The van der Waals surface area contributed by atoms with E-state index in [0.717, 1.165) is 5.39 Å². The lowest BCUT2D eigenvalue weighted by molar-refractivity contribution is 0.00331. The van der Waals surface area contributed by atoms with Crippen molar-refractivity contribution in [1.82, 2.24) is 10.2 Å². The largest absolute Gasteiger partial charge is 0.441 e. The molecule has 0 unspecified atom stereocenters. The fourth-order valence-corrected chi connectivity index (χ4v) is 4.16. The quantitative estimate of drug-likeness (QED) is 0.663. The lowest BCUT2D eigenvalue weighted by atomic mass is 9.91. The number of nitrogens with one attached hydrogen (secondary N) is 1. The number of ether oxygens (including phenoxy) is 1. The normalized spacial score (nSPS) is 17.7. The zero-order valence-corrected chi connectivity index (χ0v) is 16.2. The van der Waals surface area contributed by atoms with Gasteiger partial charge in [0.15, 0.2) is 0 Å². The second-order valence-electron chi connectivity index (χ2n) is 7.78.